The quantitative estimate of drug-likeness (QED) is 0.670. The first kappa shape index (κ1) is 13.9. The SMILES string of the molecule is CCCCC(CC)(CCl)Cc1cn2ccsc2n1. The van der Waals surface area contributed by atoms with Crippen LogP contribution < -0.4 is 0 Å². The molecule has 1 unspecified atom stereocenters. The molecule has 2 aromatic rings. The molecule has 0 saturated heterocycles. The molecule has 0 aliphatic carbocycles. The third-order valence-corrected chi connectivity index (χ3v) is 5.13. The van der Waals surface area contributed by atoms with E-state index in [-0.39, 0.29) is 5.41 Å². The Labute approximate surface area is 118 Å². The van der Waals surface area contributed by atoms with Gasteiger partial charge in [-0.3, -0.25) is 4.40 Å². The molecule has 0 saturated carbocycles. The summed E-state index contributed by atoms with van der Waals surface area (Å²) < 4.78 is 2.11. The molecule has 0 aliphatic rings. The van der Waals surface area contributed by atoms with Crippen LogP contribution in [0.1, 0.15) is 45.2 Å². The van der Waals surface area contributed by atoms with Crippen molar-refractivity contribution in [3.8, 4) is 0 Å². The number of hydrogen-bond acceptors (Lipinski definition) is 2. The molecular weight excluding hydrogens is 264 g/mol. The Morgan fingerprint density at radius 1 is 1.44 bits per heavy atom. The van der Waals surface area contributed by atoms with Crippen molar-refractivity contribution in [3.05, 3.63) is 23.5 Å². The number of fused-ring (bicyclic) bond motifs is 1. The van der Waals surface area contributed by atoms with Gasteiger partial charge in [-0.1, -0.05) is 26.7 Å². The monoisotopic (exact) mass is 284 g/mol. The van der Waals surface area contributed by atoms with Gasteiger partial charge in [-0.25, -0.2) is 4.98 Å². The molecule has 2 rings (SSSR count). The van der Waals surface area contributed by atoms with Gasteiger partial charge in [0.15, 0.2) is 4.96 Å². The molecule has 18 heavy (non-hydrogen) atoms. The van der Waals surface area contributed by atoms with Crippen molar-refractivity contribution < 1.29 is 0 Å². The summed E-state index contributed by atoms with van der Waals surface area (Å²) in [6.45, 7) is 4.48. The summed E-state index contributed by atoms with van der Waals surface area (Å²) in [5.41, 5.74) is 1.40. The largest absolute Gasteiger partial charge is 0.297 e. The molecular formula is C14H21ClN2S. The average molecular weight is 285 g/mol. The molecule has 2 heterocycles. The van der Waals surface area contributed by atoms with Crippen molar-refractivity contribution in [3.63, 3.8) is 0 Å². The summed E-state index contributed by atoms with van der Waals surface area (Å²) in [4.78, 5) is 5.77. The lowest BCUT2D eigenvalue weighted by molar-refractivity contribution is 0.277. The van der Waals surface area contributed by atoms with Crippen LogP contribution in [-0.4, -0.2) is 15.3 Å². The molecule has 0 bridgehead atoms. The van der Waals surface area contributed by atoms with Crippen LogP contribution in [-0.2, 0) is 6.42 Å². The van der Waals surface area contributed by atoms with Gasteiger partial charge < -0.3 is 0 Å². The van der Waals surface area contributed by atoms with E-state index < -0.39 is 0 Å². The molecule has 0 spiro atoms. The summed E-state index contributed by atoms with van der Waals surface area (Å²) in [7, 11) is 0. The van der Waals surface area contributed by atoms with Gasteiger partial charge in [0.05, 0.1) is 5.69 Å². The fourth-order valence-corrected chi connectivity index (χ4v) is 3.53. The van der Waals surface area contributed by atoms with Gasteiger partial charge in [-0.2, -0.15) is 0 Å². The number of alkyl halides is 1. The summed E-state index contributed by atoms with van der Waals surface area (Å²) in [6.07, 6.45) is 10.0. The van der Waals surface area contributed by atoms with Crippen molar-refractivity contribution in [1.29, 1.82) is 0 Å². The minimum atomic E-state index is 0.224. The normalized spacial score (nSPS) is 15.1. The molecule has 2 nitrogen and oxygen atoms in total. The molecule has 4 heteroatoms. The smallest absolute Gasteiger partial charge is 0.193 e. The molecule has 0 radical (unpaired) electrons. The Hall–Kier alpha value is -0.540. The van der Waals surface area contributed by atoms with E-state index in [0.717, 1.165) is 23.7 Å². The highest BCUT2D eigenvalue weighted by Crippen LogP contribution is 2.34. The van der Waals surface area contributed by atoms with Crippen molar-refractivity contribution in [1.82, 2.24) is 9.38 Å². The van der Waals surface area contributed by atoms with E-state index in [4.69, 9.17) is 11.6 Å². The van der Waals surface area contributed by atoms with Crippen LogP contribution >= 0.6 is 22.9 Å². The van der Waals surface area contributed by atoms with Crippen molar-refractivity contribution in [2.24, 2.45) is 5.41 Å². The van der Waals surface area contributed by atoms with Gasteiger partial charge in [0.1, 0.15) is 0 Å². The number of nitrogens with zero attached hydrogens (tertiary/aromatic N) is 2. The number of hydrogen-bond donors (Lipinski definition) is 0. The number of halogens is 1. The lowest BCUT2D eigenvalue weighted by atomic mass is 9.78. The Morgan fingerprint density at radius 3 is 2.89 bits per heavy atom. The van der Waals surface area contributed by atoms with Crippen LogP contribution in [0, 0.1) is 5.41 Å². The number of aromatic nitrogens is 2. The van der Waals surface area contributed by atoms with E-state index in [1.54, 1.807) is 11.3 Å². The molecule has 0 aromatic carbocycles. The van der Waals surface area contributed by atoms with E-state index in [2.05, 4.69) is 41.0 Å². The number of thiazole rings is 1. The van der Waals surface area contributed by atoms with E-state index in [1.807, 2.05) is 0 Å². The van der Waals surface area contributed by atoms with Crippen LogP contribution in [0.2, 0.25) is 0 Å². The maximum atomic E-state index is 6.25. The van der Waals surface area contributed by atoms with Crippen LogP contribution in [0.3, 0.4) is 0 Å². The molecule has 0 aliphatic heterocycles. The first-order chi connectivity index (χ1) is 8.73. The van der Waals surface area contributed by atoms with Gasteiger partial charge in [0.2, 0.25) is 0 Å². The van der Waals surface area contributed by atoms with Crippen LogP contribution in [0.15, 0.2) is 17.8 Å². The van der Waals surface area contributed by atoms with Crippen molar-refractivity contribution in [2.75, 3.05) is 5.88 Å². The zero-order valence-corrected chi connectivity index (χ0v) is 12.7. The van der Waals surface area contributed by atoms with Gasteiger partial charge in [0.25, 0.3) is 0 Å². The van der Waals surface area contributed by atoms with Gasteiger partial charge >= 0.3 is 0 Å². The fraction of sp³-hybridized carbons (Fsp3) is 0.643. The Balaban J connectivity index is 2.14. The predicted octanol–water partition coefficient (Wildman–Crippen LogP) is 4.76. The van der Waals surface area contributed by atoms with Crippen LogP contribution in [0.25, 0.3) is 4.96 Å². The molecule has 0 amide bonds. The second-order valence-electron chi connectivity index (χ2n) is 5.09. The minimum absolute atomic E-state index is 0.224. The first-order valence-electron chi connectivity index (χ1n) is 6.70. The Kier molecular flexibility index (Phi) is 4.68. The molecule has 2 aromatic heterocycles. The second kappa shape index (κ2) is 6.07. The zero-order chi connectivity index (χ0) is 13.0. The first-order valence-corrected chi connectivity index (χ1v) is 8.11. The summed E-state index contributed by atoms with van der Waals surface area (Å²) in [6, 6.07) is 0. The molecule has 100 valence electrons. The standard InChI is InChI=1S/C14H21ClN2S/c1-3-5-6-14(4-2,11-15)9-12-10-17-7-8-18-13(17)16-12/h7-8,10H,3-6,9,11H2,1-2H3. The highest BCUT2D eigenvalue weighted by atomic mass is 35.5. The highest BCUT2D eigenvalue weighted by Gasteiger charge is 2.28. The van der Waals surface area contributed by atoms with Gasteiger partial charge in [-0.05, 0) is 24.7 Å². The summed E-state index contributed by atoms with van der Waals surface area (Å²) in [5, 5.41) is 2.07. The van der Waals surface area contributed by atoms with Crippen LogP contribution in [0.4, 0.5) is 0 Å². The van der Waals surface area contributed by atoms with Crippen molar-refractivity contribution in [2.45, 2.75) is 46.0 Å². The second-order valence-corrected chi connectivity index (χ2v) is 6.23. The average Bonchev–Trinajstić information content (AvgIpc) is 2.95. The zero-order valence-electron chi connectivity index (χ0n) is 11.2. The summed E-state index contributed by atoms with van der Waals surface area (Å²) in [5.74, 6) is 0.731. The maximum Gasteiger partial charge on any atom is 0.193 e. The van der Waals surface area contributed by atoms with E-state index in [0.29, 0.717) is 0 Å². The van der Waals surface area contributed by atoms with Gasteiger partial charge in [0, 0.05) is 23.7 Å². The predicted molar refractivity (Wildman–Crippen MR) is 79.7 cm³/mol. The Morgan fingerprint density at radius 2 is 2.28 bits per heavy atom. The fourth-order valence-electron chi connectivity index (χ4n) is 2.40. The van der Waals surface area contributed by atoms with Crippen molar-refractivity contribution >= 4 is 27.9 Å². The minimum Gasteiger partial charge on any atom is -0.297 e. The van der Waals surface area contributed by atoms with Crippen LogP contribution in [0.5, 0.6) is 0 Å². The number of imidazole rings is 1. The molecule has 1 atom stereocenters. The maximum absolute atomic E-state index is 6.25. The third kappa shape index (κ3) is 2.89. The third-order valence-electron chi connectivity index (χ3n) is 3.79. The number of unbranched alkanes of at least 4 members (excludes halogenated alkanes) is 1. The lowest BCUT2D eigenvalue weighted by Gasteiger charge is -2.29. The van der Waals surface area contributed by atoms with Gasteiger partial charge in [-0.15, -0.1) is 22.9 Å². The number of rotatable bonds is 7. The molecule has 0 fully saturated rings. The lowest BCUT2D eigenvalue weighted by Crippen LogP contribution is -2.25. The topological polar surface area (TPSA) is 17.3 Å². The summed E-state index contributed by atoms with van der Waals surface area (Å²) >= 11 is 7.94. The van der Waals surface area contributed by atoms with E-state index >= 15 is 0 Å². The Bertz CT molecular complexity index is 456. The van der Waals surface area contributed by atoms with E-state index in [9.17, 15) is 0 Å². The molecule has 0 N–H and O–H groups in total. The van der Waals surface area contributed by atoms with E-state index in [1.165, 1.54) is 25.0 Å². The highest BCUT2D eigenvalue weighted by molar-refractivity contribution is 7.15.